The lowest BCUT2D eigenvalue weighted by molar-refractivity contribution is 0.224. The van der Waals surface area contributed by atoms with Crippen LogP contribution < -0.4 is 0 Å². The first kappa shape index (κ1) is 14.1. The Morgan fingerprint density at radius 2 is 1.75 bits per heavy atom. The summed E-state index contributed by atoms with van der Waals surface area (Å²) in [5.74, 6) is 4.96. The van der Waals surface area contributed by atoms with Gasteiger partial charge in [0, 0.05) is 0 Å². The normalized spacial score (nSPS) is 32.2. The molecule has 0 spiro atoms. The summed E-state index contributed by atoms with van der Waals surface area (Å²) in [4.78, 5) is 0. The average Bonchev–Trinajstić information content (AvgIpc) is 2.60. The van der Waals surface area contributed by atoms with Gasteiger partial charge in [-0.2, -0.15) is 0 Å². The number of hydrogen-bond donors (Lipinski definition) is 0. The minimum Gasteiger partial charge on any atom is -0.0651 e. The van der Waals surface area contributed by atoms with Crippen molar-refractivity contribution in [2.45, 2.75) is 73.1 Å². The van der Waals surface area contributed by atoms with Crippen LogP contribution in [0.5, 0.6) is 0 Å². The Morgan fingerprint density at radius 3 is 2.25 bits per heavy atom. The first-order valence-corrected chi connectivity index (χ1v) is 7.58. The van der Waals surface area contributed by atoms with E-state index in [1.807, 2.05) is 0 Å². The van der Waals surface area contributed by atoms with Crippen LogP contribution >= 0.6 is 0 Å². The molecule has 0 heterocycles. The third kappa shape index (κ3) is 3.79. The van der Waals surface area contributed by atoms with E-state index in [1.165, 1.54) is 38.5 Å². The summed E-state index contributed by atoms with van der Waals surface area (Å²) in [7, 11) is 0. The van der Waals surface area contributed by atoms with Crippen LogP contribution in [0.3, 0.4) is 0 Å². The lowest BCUT2D eigenvalue weighted by atomic mass is 9.78. The molecule has 0 aromatic carbocycles. The van der Waals surface area contributed by atoms with Crippen molar-refractivity contribution in [3.8, 4) is 0 Å². The van der Waals surface area contributed by atoms with E-state index >= 15 is 0 Å². The lowest BCUT2D eigenvalue weighted by Crippen LogP contribution is -2.18. The van der Waals surface area contributed by atoms with Crippen LogP contribution in [-0.2, 0) is 0 Å². The maximum absolute atomic E-state index is 2.46. The molecule has 0 aliphatic heterocycles. The number of rotatable bonds is 6. The molecule has 1 aliphatic carbocycles. The molecule has 0 amide bonds. The zero-order valence-electron chi connectivity index (χ0n) is 12.1. The van der Waals surface area contributed by atoms with Gasteiger partial charge in [-0.3, -0.25) is 0 Å². The molecule has 0 radical (unpaired) electrons. The van der Waals surface area contributed by atoms with E-state index in [4.69, 9.17) is 0 Å². The molecule has 0 N–H and O–H groups in total. The largest absolute Gasteiger partial charge is 0.0651 e. The van der Waals surface area contributed by atoms with E-state index in [0.717, 1.165) is 29.6 Å². The van der Waals surface area contributed by atoms with Crippen LogP contribution in [-0.4, -0.2) is 0 Å². The smallest absolute Gasteiger partial charge is 0.0355 e. The molecule has 16 heavy (non-hydrogen) atoms. The summed E-state index contributed by atoms with van der Waals surface area (Å²) < 4.78 is 0. The second-order valence-electron chi connectivity index (χ2n) is 6.55. The summed E-state index contributed by atoms with van der Waals surface area (Å²) in [6.07, 6.45) is 8.73. The Bertz CT molecular complexity index is 182. The molecular weight excluding hydrogens is 192 g/mol. The summed E-state index contributed by atoms with van der Waals surface area (Å²) >= 11 is 0. The van der Waals surface area contributed by atoms with Crippen LogP contribution in [0.1, 0.15) is 73.1 Å². The molecular formula is C16H32. The van der Waals surface area contributed by atoms with Gasteiger partial charge in [0.25, 0.3) is 0 Å². The van der Waals surface area contributed by atoms with Crippen molar-refractivity contribution >= 4 is 0 Å². The van der Waals surface area contributed by atoms with Crippen LogP contribution in [0.4, 0.5) is 0 Å². The summed E-state index contributed by atoms with van der Waals surface area (Å²) in [6, 6.07) is 0. The Kier molecular flexibility index (Phi) is 5.86. The van der Waals surface area contributed by atoms with Crippen LogP contribution in [0, 0.1) is 29.6 Å². The van der Waals surface area contributed by atoms with Crippen molar-refractivity contribution in [2.24, 2.45) is 29.6 Å². The van der Waals surface area contributed by atoms with Gasteiger partial charge in [-0.25, -0.2) is 0 Å². The minimum absolute atomic E-state index is 0.882. The molecule has 0 bridgehead atoms. The van der Waals surface area contributed by atoms with Crippen molar-refractivity contribution in [1.29, 1.82) is 0 Å². The first-order valence-electron chi connectivity index (χ1n) is 7.58. The SMILES string of the molecule is CCC(CCC(C)C)C1CC(C)CC1CC. The van der Waals surface area contributed by atoms with Gasteiger partial charge in [-0.1, -0.05) is 53.9 Å². The van der Waals surface area contributed by atoms with Crippen LogP contribution in [0.15, 0.2) is 0 Å². The lowest BCUT2D eigenvalue weighted by Gasteiger charge is -2.28. The zero-order chi connectivity index (χ0) is 12.1. The van der Waals surface area contributed by atoms with Gasteiger partial charge < -0.3 is 0 Å². The quantitative estimate of drug-likeness (QED) is 0.557. The fourth-order valence-corrected chi connectivity index (χ4v) is 3.76. The maximum atomic E-state index is 2.46. The Morgan fingerprint density at radius 1 is 1.06 bits per heavy atom. The van der Waals surface area contributed by atoms with Gasteiger partial charge >= 0.3 is 0 Å². The van der Waals surface area contributed by atoms with Gasteiger partial charge in [0.15, 0.2) is 0 Å². The standard InChI is InChI=1S/C16H32/c1-6-14(9-8-12(3)4)16-11-13(5)10-15(16)7-2/h12-16H,6-11H2,1-5H3. The molecule has 0 nitrogen and oxygen atoms in total. The second kappa shape index (κ2) is 6.67. The first-order chi connectivity index (χ1) is 7.58. The molecule has 4 atom stereocenters. The Labute approximate surface area is 103 Å². The molecule has 0 saturated heterocycles. The van der Waals surface area contributed by atoms with Gasteiger partial charge in [-0.15, -0.1) is 0 Å². The Balaban J connectivity index is 2.50. The molecule has 4 unspecified atom stereocenters. The monoisotopic (exact) mass is 224 g/mol. The highest BCUT2D eigenvalue weighted by Crippen LogP contribution is 2.44. The predicted molar refractivity (Wildman–Crippen MR) is 73.5 cm³/mol. The van der Waals surface area contributed by atoms with E-state index in [-0.39, 0.29) is 0 Å². The third-order valence-corrected chi connectivity index (χ3v) is 4.75. The van der Waals surface area contributed by atoms with Gasteiger partial charge in [-0.05, 0) is 48.9 Å². The van der Waals surface area contributed by atoms with Crippen LogP contribution in [0.2, 0.25) is 0 Å². The van der Waals surface area contributed by atoms with E-state index in [2.05, 4.69) is 34.6 Å². The van der Waals surface area contributed by atoms with Crippen molar-refractivity contribution < 1.29 is 0 Å². The van der Waals surface area contributed by atoms with Crippen molar-refractivity contribution in [3.63, 3.8) is 0 Å². The van der Waals surface area contributed by atoms with Crippen molar-refractivity contribution in [3.05, 3.63) is 0 Å². The molecule has 0 aromatic heterocycles. The van der Waals surface area contributed by atoms with E-state index in [1.54, 1.807) is 0 Å². The second-order valence-corrected chi connectivity index (χ2v) is 6.55. The molecule has 1 aliphatic rings. The summed E-state index contributed by atoms with van der Waals surface area (Å²) in [5, 5.41) is 0. The highest BCUT2D eigenvalue weighted by molar-refractivity contribution is 4.85. The van der Waals surface area contributed by atoms with E-state index in [0.29, 0.717) is 0 Å². The topological polar surface area (TPSA) is 0 Å². The molecule has 0 heteroatoms. The highest BCUT2D eigenvalue weighted by Gasteiger charge is 2.34. The summed E-state index contributed by atoms with van der Waals surface area (Å²) in [6.45, 7) is 12.0. The van der Waals surface area contributed by atoms with Gasteiger partial charge in [0.2, 0.25) is 0 Å². The van der Waals surface area contributed by atoms with Crippen molar-refractivity contribution in [2.75, 3.05) is 0 Å². The maximum Gasteiger partial charge on any atom is -0.0355 e. The Hall–Kier alpha value is 0. The van der Waals surface area contributed by atoms with E-state index < -0.39 is 0 Å². The molecule has 1 rings (SSSR count). The third-order valence-electron chi connectivity index (χ3n) is 4.75. The summed E-state index contributed by atoms with van der Waals surface area (Å²) in [5.41, 5.74) is 0. The van der Waals surface area contributed by atoms with Crippen molar-refractivity contribution in [1.82, 2.24) is 0 Å². The predicted octanol–water partition coefficient (Wildman–Crippen LogP) is 5.52. The average molecular weight is 224 g/mol. The highest BCUT2D eigenvalue weighted by atomic mass is 14.4. The zero-order valence-corrected chi connectivity index (χ0v) is 12.1. The molecule has 1 saturated carbocycles. The fourth-order valence-electron chi connectivity index (χ4n) is 3.76. The van der Waals surface area contributed by atoms with E-state index in [9.17, 15) is 0 Å². The molecule has 1 fully saturated rings. The van der Waals surface area contributed by atoms with Gasteiger partial charge in [0.1, 0.15) is 0 Å². The molecule has 0 aromatic rings. The fraction of sp³-hybridized carbons (Fsp3) is 1.00. The van der Waals surface area contributed by atoms with Crippen LogP contribution in [0.25, 0.3) is 0 Å². The number of hydrogen-bond acceptors (Lipinski definition) is 0. The molecule has 96 valence electrons. The minimum atomic E-state index is 0.882. The van der Waals surface area contributed by atoms with Gasteiger partial charge in [0.05, 0.1) is 0 Å².